The minimum Gasteiger partial charge on any atom is -0.299 e. The highest BCUT2D eigenvalue weighted by atomic mass is 35.5. The Morgan fingerprint density at radius 3 is 2.65 bits per heavy atom. The van der Waals surface area contributed by atoms with Gasteiger partial charge < -0.3 is 0 Å². The van der Waals surface area contributed by atoms with Crippen molar-refractivity contribution in [3.8, 4) is 0 Å². The third-order valence-corrected chi connectivity index (χ3v) is 4.71. The van der Waals surface area contributed by atoms with Crippen LogP contribution in [-0.2, 0) is 4.79 Å². The summed E-state index contributed by atoms with van der Waals surface area (Å²) in [6.45, 7) is 3.05. The topological polar surface area (TPSA) is 20.3 Å². The molecule has 0 bridgehead atoms. The van der Waals surface area contributed by atoms with E-state index in [9.17, 15) is 4.79 Å². The molecule has 0 heterocycles. The summed E-state index contributed by atoms with van der Waals surface area (Å²) in [5.74, 6) is 0.676. The van der Waals surface area contributed by atoms with Gasteiger partial charge >= 0.3 is 0 Å². The number of halogens is 1. The number of benzene rings is 1. The smallest absolute Gasteiger partial charge is 0.137 e. The van der Waals surface area contributed by atoms with E-state index in [0.717, 1.165) is 30.8 Å². The first-order valence-electron chi connectivity index (χ1n) is 7.56. The Balaban J connectivity index is 1.97. The Hall–Kier alpha value is -0.860. The largest absolute Gasteiger partial charge is 0.299 e. The number of hydrogen-bond donors (Lipinski definition) is 0. The van der Waals surface area contributed by atoms with Crippen molar-refractivity contribution in [2.75, 3.05) is 13.6 Å². The van der Waals surface area contributed by atoms with Crippen molar-refractivity contribution in [3.05, 3.63) is 34.9 Å². The number of Topliss-reactive ketones (excluding diaryl/α,β-unsaturated/α-hetero) is 1. The van der Waals surface area contributed by atoms with E-state index in [4.69, 9.17) is 11.6 Å². The lowest BCUT2D eigenvalue weighted by atomic mass is 9.97. The van der Waals surface area contributed by atoms with E-state index in [1.165, 1.54) is 18.4 Å². The normalized spacial score (nSPS) is 21.8. The number of ketones is 1. The molecule has 2 nitrogen and oxygen atoms in total. The monoisotopic (exact) mass is 293 g/mol. The molecule has 1 saturated carbocycles. The summed E-state index contributed by atoms with van der Waals surface area (Å²) < 4.78 is 0. The zero-order chi connectivity index (χ0) is 14.5. The number of carbonyl (C=O) groups excluding carboxylic acids is 1. The summed E-state index contributed by atoms with van der Waals surface area (Å²) in [4.78, 5) is 14.4. The summed E-state index contributed by atoms with van der Waals surface area (Å²) in [6.07, 6.45) is 5.30. The molecule has 1 aliphatic rings. The van der Waals surface area contributed by atoms with Crippen LogP contribution in [0.4, 0.5) is 0 Å². The first-order chi connectivity index (χ1) is 9.58. The van der Waals surface area contributed by atoms with Crippen LogP contribution in [0, 0.1) is 5.92 Å². The fourth-order valence-electron chi connectivity index (χ4n) is 2.93. The average molecular weight is 294 g/mol. The Bertz CT molecular complexity index is 443. The minimum absolute atomic E-state index is 0.220. The zero-order valence-corrected chi connectivity index (χ0v) is 13.2. The highest BCUT2D eigenvalue weighted by Crippen LogP contribution is 2.25. The third kappa shape index (κ3) is 4.07. The van der Waals surface area contributed by atoms with Gasteiger partial charge in [-0.2, -0.15) is 0 Å². The zero-order valence-electron chi connectivity index (χ0n) is 12.4. The summed E-state index contributed by atoms with van der Waals surface area (Å²) in [5, 5.41) is 0.766. The van der Waals surface area contributed by atoms with Crippen molar-refractivity contribution < 1.29 is 4.79 Å². The molecule has 1 aromatic rings. The Labute approximate surface area is 127 Å². The predicted molar refractivity (Wildman–Crippen MR) is 84.1 cm³/mol. The van der Waals surface area contributed by atoms with Gasteiger partial charge in [-0.15, -0.1) is 0 Å². The molecule has 20 heavy (non-hydrogen) atoms. The predicted octanol–water partition coefficient (Wildman–Crippen LogP) is 4.48. The van der Waals surface area contributed by atoms with Gasteiger partial charge in [0.2, 0.25) is 0 Å². The van der Waals surface area contributed by atoms with Gasteiger partial charge in [0.15, 0.2) is 0 Å². The molecular weight excluding hydrogens is 270 g/mol. The molecule has 0 amide bonds. The molecule has 0 aromatic heterocycles. The lowest BCUT2D eigenvalue weighted by molar-refractivity contribution is -0.123. The molecule has 0 N–H and O–H groups in total. The molecule has 2 atom stereocenters. The molecule has 110 valence electrons. The lowest BCUT2D eigenvalue weighted by Gasteiger charge is -2.28. The van der Waals surface area contributed by atoms with Crippen LogP contribution in [-0.4, -0.2) is 24.3 Å². The van der Waals surface area contributed by atoms with Crippen LogP contribution < -0.4 is 0 Å². The van der Waals surface area contributed by atoms with E-state index in [1.54, 1.807) is 0 Å². The average Bonchev–Trinajstić information content (AvgIpc) is 2.64. The lowest BCUT2D eigenvalue weighted by Crippen LogP contribution is -2.31. The van der Waals surface area contributed by atoms with Crippen LogP contribution in [0.2, 0.25) is 5.02 Å². The van der Waals surface area contributed by atoms with Gasteiger partial charge in [-0.1, -0.05) is 36.6 Å². The molecule has 1 fully saturated rings. The first-order valence-corrected chi connectivity index (χ1v) is 7.94. The number of rotatable bonds is 4. The second-order valence-electron chi connectivity index (χ2n) is 5.93. The molecular formula is C17H24ClNO. The fraction of sp³-hybridized carbons (Fsp3) is 0.588. The molecule has 2 rings (SSSR count). The number of carbonyl (C=O) groups is 1. The summed E-state index contributed by atoms with van der Waals surface area (Å²) in [7, 11) is 2.11. The standard InChI is InChI=1S/C17H24ClNO/c1-13(14-8-10-16(18)11-9-14)19(2)12-15-6-4-3-5-7-17(15)20/h8-11,13,15H,3-7,12H2,1-2H3. The van der Waals surface area contributed by atoms with Gasteiger partial charge in [0, 0.05) is 29.9 Å². The van der Waals surface area contributed by atoms with Gasteiger partial charge in [-0.05, 0) is 44.5 Å². The highest BCUT2D eigenvalue weighted by Gasteiger charge is 2.24. The molecule has 1 aliphatic carbocycles. The third-order valence-electron chi connectivity index (χ3n) is 4.45. The van der Waals surface area contributed by atoms with Crippen molar-refractivity contribution in [2.45, 2.75) is 45.1 Å². The SMILES string of the molecule is CC(c1ccc(Cl)cc1)N(C)CC1CCCCCC1=O. The van der Waals surface area contributed by atoms with Gasteiger partial charge in [-0.3, -0.25) is 9.69 Å². The van der Waals surface area contributed by atoms with E-state index in [0.29, 0.717) is 11.8 Å². The second-order valence-corrected chi connectivity index (χ2v) is 6.37. The van der Waals surface area contributed by atoms with E-state index in [1.807, 2.05) is 12.1 Å². The molecule has 0 aliphatic heterocycles. The van der Waals surface area contributed by atoms with Gasteiger partial charge in [-0.25, -0.2) is 0 Å². The Kier molecular flexibility index (Phi) is 5.62. The van der Waals surface area contributed by atoms with Crippen molar-refractivity contribution >= 4 is 17.4 Å². The maximum absolute atomic E-state index is 12.1. The van der Waals surface area contributed by atoms with E-state index in [2.05, 4.69) is 31.0 Å². The van der Waals surface area contributed by atoms with Crippen LogP contribution in [0.25, 0.3) is 0 Å². The molecule has 1 aromatic carbocycles. The van der Waals surface area contributed by atoms with E-state index in [-0.39, 0.29) is 5.92 Å². The van der Waals surface area contributed by atoms with Crippen molar-refractivity contribution in [1.82, 2.24) is 4.90 Å². The summed E-state index contributed by atoms with van der Waals surface area (Å²) in [5.41, 5.74) is 1.25. The maximum atomic E-state index is 12.1. The van der Waals surface area contributed by atoms with E-state index >= 15 is 0 Å². The van der Waals surface area contributed by atoms with Crippen LogP contribution in [0.15, 0.2) is 24.3 Å². The molecule has 0 radical (unpaired) electrons. The second kappa shape index (κ2) is 7.24. The maximum Gasteiger partial charge on any atom is 0.137 e. The number of nitrogens with zero attached hydrogens (tertiary/aromatic N) is 1. The Morgan fingerprint density at radius 2 is 1.95 bits per heavy atom. The Morgan fingerprint density at radius 1 is 1.25 bits per heavy atom. The van der Waals surface area contributed by atoms with Crippen molar-refractivity contribution in [2.24, 2.45) is 5.92 Å². The van der Waals surface area contributed by atoms with Crippen molar-refractivity contribution in [3.63, 3.8) is 0 Å². The molecule has 0 spiro atoms. The molecule has 3 heteroatoms. The minimum atomic E-state index is 0.220. The molecule has 0 saturated heterocycles. The van der Waals surface area contributed by atoms with Gasteiger partial charge in [0.25, 0.3) is 0 Å². The van der Waals surface area contributed by atoms with Gasteiger partial charge in [0.05, 0.1) is 0 Å². The first kappa shape index (κ1) is 15.5. The van der Waals surface area contributed by atoms with Crippen LogP contribution in [0.5, 0.6) is 0 Å². The highest BCUT2D eigenvalue weighted by molar-refractivity contribution is 6.30. The summed E-state index contributed by atoms with van der Waals surface area (Å²) >= 11 is 5.93. The quantitative estimate of drug-likeness (QED) is 0.763. The summed E-state index contributed by atoms with van der Waals surface area (Å²) in [6, 6.07) is 8.30. The molecule has 2 unspecified atom stereocenters. The van der Waals surface area contributed by atoms with E-state index < -0.39 is 0 Å². The van der Waals surface area contributed by atoms with Crippen molar-refractivity contribution in [1.29, 1.82) is 0 Å². The van der Waals surface area contributed by atoms with Gasteiger partial charge in [0.1, 0.15) is 5.78 Å². The number of hydrogen-bond acceptors (Lipinski definition) is 2. The van der Waals surface area contributed by atoms with Crippen LogP contribution >= 0.6 is 11.6 Å². The fourth-order valence-corrected chi connectivity index (χ4v) is 3.05. The van der Waals surface area contributed by atoms with Crippen LogP contribution in [0.3, 0.4) is 0 Å². The van der Waals surface area contributed by atoms with Crippen LogP contribution in [0.1, 0.15) is 50.6 Å².